The number of hydrogen-bond acceptors (Lipinski definition) is 6. The summed E-state index contributed by atoms with van der Waals surface area (Å²) in [5.74, 6) is -1.66. The lowest BCUT2D eigenvalue weighted by atomic mass is 10.1. The van der Waals surface area contributed by atoms with Gasteiger partial charge in [0.15, 0.2) is 0 Å². The number of nitrogens with one attached hydrogen (secondary N) is 1. The lowest BCUT2D eigenvalue weighted by Crippen LogP contribution is -2.54. The number of hydrogen-bond donors (Lipinski definition) is 1. The van der Waals surface area contributed by atoms with Gasteiger partial charge in [-0.15, -0.1) is 0 Å². The molecule has 1 atom stereocenters. The summed E-state index contributed by atoms with van der Waals surface area (Å²) in [5.41, 5.74) is -0.470. The number of non-ortho nitro benzene ring substituents is 1. The molecule has 0 aliphatic carbocycles. The number of carbonyl (C=O) groups is 2. The Hall–Kier alpha value is -3.54. The fourth-order valence-corrected chi connectivity index (χ4v) is 4.06. The minimum atomic E-state index is -4.03. The van der Waals surface area contributed by atoms with Crippen LogP contribution in [0.25, 0.3) is 0 Å². The zero-order chi connectivity index (χ0) is 26.6. The first-order valence-electron chi connectivity index (χ1n) is 10.7. The van der Waals surface area contributed by atoms with Crippen molar-refractivity contribution in [1.82, 2.24) is 10.2 Å². The Bertz CT molecular complexity index is 1200. The third kappa shape index (κ3) is 8.02. The Labute approximate surface area is 203 Å². The molecule has 0 aliphatic heterocycles. The molecule has 0 aliphatic rings. The summed E-state index contributed by atoms with van der Waals surface area (Å²) in [7, 11) is -4.03. The van der Waals surface area contributed by atoms with E-state index in [2.05, 4.69) is 5.32 Å². The molecule has 1 unspecified atom stereocenters. The number of benzene rings is 2. The third-order valence-corrected chi connectivity index (χ3v) is 6.08. The number of halogens is 1. The number of carbonyl (C=O) groups excluding carboxylic acids is 2. The molecule has 35 heavy (non-hydrogen) atoms. The maximum atomic E-state index is 13.4. The number of sulfonamides is 1. The SMILES string of the molecule is CC(C(=O)NC(C)(C)C)N(Cc1ccc(F)cc1)C(=O)CN(c1cccc([N+](=O)[O-])c1)S(C)(=O)=O. The summed E-state index contributed by atoms with van der Waals surface area (Å²) in [6.45, 7) is 6.03. The summed E-state index contributed by atoms with van der Waals surface area (Å²) in [4.78, 5) is 37.9. The van der Waals surface area contributed by atoms with E-state index >= 15 is 0 Å². The van der Waals surface area contributed by atoms with Gasteiger partial charge in [-0.1, -0.05) is 18.2 Å². The molecule has 0 aromatic heterocycles. The summed E-state index contributed by atoms with van der Waals surface area (Å²) < 4.78 is 39.2. The standard InChI is InChI=1S/C23H29FN4O6S/c1-16(22(30)25-23(2,3)4)26(14-17-9-11-18(24)12-10-17)21(29)15-27(35(5,33)34)19-7-6-8-20(13-19)28(31)32/h6-13,16H,14-15H2,1-5H3,(H,25,30). The van der Waals surface area contributed by atoms with E-state index in [-0.39, 0.29) is 17.9 Å². The van der Waals surface area contributed by atoms with Crippen molar-refractivity contribution < 1.29 is 27.3 Å². The summed E-state index contributed by atoms with van der Waals surface area (Å²) in [6.07, 6.45) is 0.874. The van der Waals surface area contributed by atoms with Crippen LogP contribution in [0.4, 0.5) is 15.8 Å². The Balaban J connectivity index is 2.43. The van der Waals surface area contributed by atoms with Crippen LogP contribution in [0.1, 0.15) is 33.3 Å². The van der Waals surface area contributed by atoms with E-state index in [1.165, 1.54) is 54.3 Å². The number of rotatable bonds is 9. The molecule has 0 spiro atoms. The van der Waals surface area contributed by atoms with E-state index in [4.69, 9.17) is 0 Å². The molecule has 0 saturated heterocycles. The molecule has 0 bridgehead atoms. The summed E-state index contributed by atoms with van der Waals surface area (Å²) >= 11 is 0. The van der Waals surface area contributed by atoms with E-state index in [1.807, 2.05) is 0 Å². The lowest BCUT2D eigenvalue weighted by molar-refractivity contribution is -0.384. The topological polar surface area (TPSA) is 130 Å². The zero-order valence-electron chi connectivity index (χ0n) is 20.2. The normalized spacial score (nSPS) is 12.5. The van der Waals surface area contributed by atoms with Crippen LogP contribution in [0.3, 0.4) is 0 Å². The van der Waals surface area contributed by atoms with Gasteiger partial charge in [0.05, 0.1) is 16.9 Å². The van der Waals surface area contributed by atoms with Gasteiger partial charge in [-0.2, -0.15) is 0 Å². The average Bonchev–Trinajstić information content (AvgIpc) is 2.74. The van der Waals surface area contributed by atoms with Gasteiger partial charge >= 0.3 is 0 Å². The maximum Gasteiger partial charge on any atom is 0.271 e. The van der Waals surface area contributed by atoms with E-state index in [0.29, 0.717) is 5.56 Å². The number of amides is 2. The van der Waals surface area contributed by atoms with Gasteiger partial charge in [-0.25, -0.2) is 12.8 Å². The number of nitro groups is 1. The van der Waals surface area contributed by atoms with Crippen LogP contribution < -0.4 is 9.62 Å². The Morgan fingerprint density at radius 1 is 1.14 bits per heavy atom. The molecule has 10 nitrogen and oxygen atoms in total. The molecular weight excluding hydrogens is 479 g/mol. The molecule has 2 aromatic carbocycles. The first kappa shape index (κ1) is 27.7. The highest BCUT2D eigenvalue weighted by Gasteiger charge is 2.31. The predicted molar refractivity (Wildman–Crippen MR) is 130 cm³/mol. The molecule has 1 N–H and O–H groups in total. The van der Waals surface area contributed by atoms with Crippen LogP contribution in [0.5, 0.6) is 0 Å². The highest BCUT2D eigenvalue weighted by atomic mass is 32.2. The van der Waals surface area contributed by atoms with Crippen LogP contribution >= 0.6 is 0 Å². The van der Waals surface area contributed by atoms with Crippen molar-refractivity contribution in [3.63, 3.8) is 0 Å². The number of anilines is 1. The molecule has 2 rings (SSSR count). The van der Waals surface area contributed by atoms with Gasteiger partial charge in [0.2, 0.25) is 21.8 Å². The highest BCUT2D eigenvalue weighted by Crippen LogP contribution is 2.24. The van der Waals surface area contributed by atoms with Crippen LogP contribution in [-0.4, -0.2) is 54.4 Å². The van der Waals surface area contributed by atoms with E-state index < -0.39 is 50.7 Å². The Morgan fingerprint density at radius 3 is 2.26 bits per heavy atom. The van der Waals surface area contributed by atoms with Crippen molar-refractivity contribution in [3.05, 3.63) is 70.0 Å². The van der Waals surface area contributed by atoms with Crippen molar-refractivity contribution >= 4 is 33.2 Å². The van der Waals surface area contributed by atoms with Crippen LogP contribution in [0.2, 0.25) is 0 Å². The van der Waals surface area contributed by atoms with Crippen molar-refractivity contribution in [2.45, 2.75) is 45.8 Å². The van der Waals surface area contributed by atoms with E-state index in [9.17, 15) is 32.5 Å². The minimum Gasteiger partial charge on any atom is -0.350 e. The average molecular weight is 509 g/mol. The molecule has 190 valence electrons. The second-order valence-corrected chi connectivity index (χ2v) is 11.0. The van der Waals surface area contributed by atoms with E-state index in [0.717, 1.165) is 16.6 Å². The summed E-state index contributed by atoms with van der Waals surface area (Å²) in [5, 5.41) is 13.9. The Kier molecular flexibility index (Phi) is 8.55. The zero-order valence-corrected chi connectivity index (χ0v) is 21.0. The van der Waals surface area contributed by atoms with Crippen molar-refractivity contribution in [3.8, 4) is 0 Å². The largest absolute Gasteiger partial charge is 0.350 e. The maximum absolute atomic E-state index is 13.4. The van der Waals surface area contributed by atoms with Gasteiger partial charge in [0, 0.05) is 24.2 Å². The monoisotopic (exact) mass is 508 g/mol. The highest BCUT2D eigenvalue weighted by molar-refractivity contribution is 7.92. The molecule has 12 heteroatoms. The number of nitro benzene ring substituents is 1. The van der Waals surface area contributed by atoms with Crippen LogP contribution in [0.15, 0.2) is 48.5 Å². The first-order valence-corrected chi connectivity index (χ1v) is 12.5. The lowest BCUT2D eigenvalue weighted by Gasteiger charge is -2.33. The molecule has 0 radical (unpaired) electrons. The second kappa shape index (κ2) is 10.8. The van der Waals surface area contributed by atoms with Gasteiger partial charge in [-0.3, -0.25) is 24.0 Å². The van der Waals surface area contributed by atoms with Crippen molar-refractivity contribution in [1.29, 1.82) is 0 Å². The third-order valence-electron chi connectivity index (χ3n) is 4.94. The second-order valence-electron chi connectivity index (χ2n) is 9.11. The van der Waals surface area contributed by atoms with Crippen molar-refractivity contribution in [2.75, 3.05) is 17.1 Å². The van der Waals surface area contributed by atoms with Gasteiger partial charge in [0.25, 0.3) is 5.69 Å². The molecule has 0 saturated carbocycles. The predicted octanol–water partition coefficient (Wildman–Crippen LogP) is 2.83. The van der Waals surface area contributed by atoms with E-state index in [1.54, 1.807) is 20.8 Å². The first-order chi connectivity index (χ1) is 16.1. The van der Waals surface area contributed by atoms with Gasteiger partial charge in [0.1, 0.15) is 18.4 Å². The molecular formula is C23H29FN4O6S. The van der Waals surface area contributed by atoms with Crippen molar-refractivity contribution in [2.24, 2.45) is 0 Å². The van der Waals surface area contributed by atoms with Crippen LogP contribution in [-0.2, 0) is 26.2 Å². The summed E-state index contributed by atoms with van der Waals surface area (Å²) in [6, 6.07) is 9.23. The smallest absolute Gasteiger partial charge is 0.271 e. The molecule has 0 fully saturated rings. The fraction of sp³-hybridized carbons (Fsp3) is 0.391. The fourth-order valence-electron chi connectivity index (χ4n) is 3.22. The van der Waals surface area contributed by atoms with Crippen LogP contribution in [0, 0.1) is 15.9 Å². The Morgan fingerprint density at radius 2 is 1.74 bits per heavy atom. The number of nitrogens with zero attached hydrogens (tertiary/aromatic N) is 3. The van der Waals surface area contributed by atoms with Gasteiger partial charge < -0.3 is 10.2 Å². The molecule has 2 aromatic rings. The minimum absolute atomic E-state index is 0.0661. The van der Waals surface area contributed by atoms with Gasteiger partial charge in [-0.05, 0) is 51.5 Å². The molecule has 0 heterocycles. The molecule has 2 amide bonds. The quantitative estimate of drug-likeness (QED) is 0.410.